The van der Waals surface area contributed by atoms with Gasteiger partial charge in [0.25, 0.3) is 5.91 Å². The molecule has 5 heteroatoms. The number of rotatable bonds is 2. The number of fused-ring (bicyclic) bond motifs is 1. The molecule has 1 aliphatic rings. The summed E-state index contributed by atoms with van der Waals surface area (Å²) in [6, 6.07) is 10.0. The molecule has 3 heterocycles. The summed E-state index contributed by atoms with van der Waals surface area (Å²) in [5.41, 5.74) is 4.62. The molecule has 0 saturated carbocycles. The van der Waals surface area contributed by atoms with Gasteiger partial charge in [0.2, 0.25) is 0 Å². The van der Waals surface area contributed by atoms with E-state index >= 15 is 0 Å². The molecule has 0 aliphatic carbocycles. The van der Waals surface area contributed by atoms with Gasteiger partial charge in [0.1, 0.15) is 0 Å². The highest BCUT2D eigenvalue weighted by atomic mass is 16.2. The zero-order chi connectivity index (χ0) is 18.3. The molecule has 1 fully saturated rings. The van der Waals surface area contributed by atoms with Crippen molar-refractivity contribution in [2.24, 2.45) is 7.05 Å². The van der Waals surface area contributed by atoms with Gasteiger partial charge in [-0.3, -0.25) is 14.5 Å². The predicted molar refractivity (Wildman–Crippen MR) is 102 cm³/mol. The Balaban J connectivity index is 1.79. The van der Waals surface area contributed by atoms with Crippen molar-refractivity contribution in [3.05, 3.63) is 59.0 Å². The Labute approximate surface area is 153 Å². The van der Waals surface area contributed by atoms with E-state index in [9.17, 15) is 4.79 Å². The van der Waals surface area contributed by atoms with E-state index in [2.05, 4.69) is 10.1 Å². The van der Waals surface area contributed by atoms with Crippen molar-refractivity contribution in [3.63, 3.8) is 0 Å². The topological polar surface area (TPSA) is 51.0 Å². The summed E-state index contributed by atoms with van der Waals surface area (Å²) in [7, 11) is 1.92. The van der Waals surface area contributed by atoms with Crippen LogP contribution < -0.4 is 0 Å². The van der Waals surface area contributed by atoms with E-state index in [1.54, 1.807) is 0 Å². The Hall–Kier alpha value is -2.69. The van der Waals surface area contributed by atoms with E-state index in [-0.39, 0.29) is 11.9 Å². The quantitative estimate of drug-likeness (QED) is 0.704. The fraction of sp³-hybridized carbons (Fsp3) is 0.381. The summed E-state index contributed by atoms with van der Waals surface area (Å²) in [6.45, 7) is 4.77. The van der Waals surface area contributed by atoms with Gasteiger partial charge in [0, 0.05) is 30.9 Å². The van der Waals surface area contributed by atoms with Crippen molar-refractivity contribution in [2.75, 3.05) is 6.54 Å². The Morgan fingerprint density at radius 1 is 1.19 bits per heavy atom. The molecule has 3 aromatic rings. The maximum atomic E-state index is 13.5. The largest absolute Gasteiger partial charge is 0.330 e. The first kappa shape index (κ1) is 16.8. The Kier molecular flexibility index (Phi) is 4.23. The van der Waals surface area contributed by atoms with Crippen molar-refractivity contribution in [2.45, 2.75) is 39.2 Å². The van der Waals surface area contributed by atoms with E-state index < -0.39 is 0 Å². The number of hydrogen-bond acceptors (Lipinski definition) is 3. The van der Waals surface area contributed by atoms with Crippen molar-refractivity contribution < 1.29 is 4.79 Å². The van der Waals surface area contributed by atoms with Gasteiger partial charge in [-0.05, 0) is 50.8 Å². The zero-order valence-corrected chi connectivity index (χ0v) is 15.6. The lowest BCUT2D eigenvalue weighted by Crippen LogP contribution is -2.39. The molecular formula is C21H24N4O. The number of nitrogens with zero attached hydrogens (tertiary/aromatic N) is 4. The number of pyridine rings is 1. The van der Waals surface area contributed by atoms with Gasteiger partial charge in [-0.15, -0.1) is 0 Å². The van der Waals surface area contributed by atoms with Crippen molar-refractivity contribution in [1.82, 2.24) is 19.7 Å². The first-order valence-electron chi connectivity index (χ1n) is 9.22. The summed E-state index contributed by atoms with van der Waals surface area (Å²) >= 11 is 0. The highest BCUT2D eigenvalue weighted by molar-refractivity contribution is 6.07. The number of likely N-dealkylation sites (tertiary alicyclic amines) is 1. The van der Waals surface area contributed by atoms with Crippen LogP contribution in [0, 0.1) is 13.8 Å². The summed E-state index contributed by atoms with van der Waals surface area (Å²) < 4.78 is 1.81. The number of para-hydroxylation sites is 1. The minimum Gasteiger partial charge on any atom is -0.330 e. The van der Waals surface area contributed by atoms with Gasteiger partial charge >= 0.3 is 0 Å². The number of carbonyl (C=O) groups is 1. The molecule has 1 aromatic carbocycles. The summed E-state index contributed by atoms with van der Waals surface area (Å²) in [4.78, 5) is 20.2. The minimum absolute atomic E-state index is 0.0470. The SMILES string of the molecule is Cc1cc(C(=O)N2CCCC[C@@H]2c2ccn(C)n2)c2cccc(C)c2n1. The monoisotopic (exact) mass is 348 g/mol. The predicted octanol–water partition coefficient (Wildman–Crippen LogP) is 3.95. The number of amides is 1. The van der Waals surface area contributed by atoms with E-state index in [1.807, 2.05) is 67.0 Å². The second-order valence-electron chi connectivity index (χ2n) is 7.21. The lowest BCUT2D eigenvalue weighted by Gasteiger charge is -2.35. The Morgan fingerprint density at radius 2 is 2.04 bits per heavy atom. The molecule has 1 saturated heterocycles. The van der Waals surface area contributed by atoms with Crippen molar-refractivity contribution in [3.8, 4) is 0 Å². The van der Waals surface area contributed by atoms with E-state index in [4.69, 9.17) is 0 Å². The van der Waals surface area contributed by atoms with Crippen LogP contribution >= 0.6 is 0 Å². The number of piperidine rings is 1. The van der Waals surface area contributed by atoms with Crippen LogP contribution in [0.3, 0.4) is 0 Å². The van der Waals surface area contributed by atoms with Gasteiger partial charge in [-0.1, -0.05) is 18.2 Å². The minimum atomic E-state index is 0.0470. The first-order valence-corrected chi connectivity index (χ1v) is 9.22. The zero-order valence-electron chi connectivity index (χ0n) is 15.6. The molecule has 0 spiro atoms. The third-order valence-electron chi connectivity index (χ3n) is 5.24. The highest BCUT2D eigenvalue weighted by Crippen LogP contribution is 2.32. The molecule has 5 nitrogen and oxygen atoms in total. The second kappa shape index (κ2) is 6.56. The lowest BCUT2D eigenvalue weighted by atomic mass is 9.97. The van der Waals surface area contributed by atoms with Crippen molar-refractivity contribution in [1.29, 1.82) is 0 Å². The van der Waals surface area contributed by atoms with Crippen LogP contribution in [0.5, 0.6) is 0 Å². The van der Waals surface area contributed by atoms with Gasteiger partial charge in [0.05, 0.1) is 22.8 Å². The van der Waals surface area contributed by atoms with Crippen LogP contribution in [0.25, 0.3) is 10.9 Å². The fourth-order valence-electron chi connectivity index (χ4n) is 3.94. The Morgan fingerprint density at radius 3 is 2.81 bits per heavy atom. The average Bonchev–Trinajstić information content (AvgIpc) is 3.07. The molecule has 1 amide bonds. The molecular weight excluding hydrogens is 324 g/mol. The molecule has 0 unspecified atom stereocenters. The fourth-order valence-corrected chi connectivity index (χ4v) is 3.94. The maximum Gasteiger partial charge on any atom is 0.255 e. The summed E-state index contributed by atoms with van der Waals surface area (Å²) in [5.74, 6) is 0.0847. The van der Waals surface area contributed by atoms with Crippen LogP contribution in [0.2, 0.25) is 0 Å². The normalized spacial score (nSPS) is 17.7. The smallest absolute Gasteiger partial charge is 0.255 e. The van der Waals surface area contributed by atoms with E-state index in [0.717, 1.165) is 59.2 Å². The lowest BCUT2D eigenvalue weighted by molar-refractivity contribution is 0.0607. The first-order chi connectivity index (χ1) is 12.5. The highest BCUT2D eigenvalue weighted by Gasteiger charge is 2.31. The van der Waals surface area contributed by atoms with Gasteiger partial charge < -0.3 is 4.90 Å². The molecule has 4 rings (SSSR count). The van der Waals surface area contributed by atoms with Gasteiger partial charge in [-0.2, -0.15) is 5.10 Å². The van der Waals surface area contributed by atoms with Crippen LogP contribution in [-0.2, 0) is 7.05 Å². The summed E-state index contributed by atoms with van der Waals surface area (Å²) in [6.07, 6.45) is 5.07. The third-order valence-corrected chi connectivity index (χ3v) is 5.24. The Bertz CT molecular complexity index is 975. The molecule has 1 aliphatic heterocycles. The number of benzene rings is 1. The molecule has 1 atom stereocenters. The third kappa shape index (κ3) is 2.87. The van der Waals surface area contributed by atoms with Gasteiger partial charge in [0.15, 0.2) is 0 Å². The molecule has 26 heavy (non-hydrogen) atoms. The molecule has 2 aromatic heterocycles. The number of aromatic nitrogens is 3. The molecule has 0 N–H and O–H groups in total. The standard InChI is InChI=1S/C21H24N4O/c1-14-7-6-8-16-17(13-15(2)22-20(14)16)21(26)25-11-5-4-9-19(25)18-10-12-24(3)23-18/h6-8,10,12-13,19H,4-5,9,11H2,1-3H3/t19-/m1/s1. The molecule has 0 bridgehead atoms. The van der Waals surface area contributed by atoms with Crippen molar-refractivity contribution >= 4 is 16.8 Å². The van der Waals surface area contributed by atoms with Crippen LogP contribution in [-0.4, -0.2) is 32.1 Å². The average molecular weight is 348 g/mol. The number of aryl methyl sites for hydroxylation is 3. The number of carbonyl (C=O) groups excluding carboxylic acids is 1. The maximum absolute atomic E-state index is 13.5. The van der Waals surface area contributed by atoms with Crippen LogP contribution in [0.1, 0.15) is 52.6 Å². The molecule has 134 valence electrons. The van der Waals surface area contributed by atoms with Crippen LogP contribution in [0.4, 0.5) is 0 Å². The second-order valence-corrected chi connectivity index (χ2v) is 7.21. The number of hydrogen-bond donors (Lipinski definition) is 0. The van der Waals surface area contributed by atoms with Gasteiger partial charge in [-0.25, -0.2) is 0 Å². The van der Waals surface area contributed by atoms with E-state index in [0.29, 0.717) is 0 Å². The summed E-state index contributed by atoms with van der Waals surface area (Å²) in [5, 5.41) is 5.50. The molecule has 0 radical (unpaired) electrons. The van der Waals surface area contributed by atoms with Crippen LogP contribution in [0.15, 0.2) is 36.5 Å². The van der Waals surface area contributed by atoms with E-state index in [1.165, 1.54) is 0 Å².